The van der Waals surface area contributed by atoms with Crippen LogP contribution in [-0.2, 0) is 14.4 Å². The second kappa shape index (κ2) is 50.9. The van der Waals surface area contributed by atoms with Crippen LogP contribution in [0.3, 0.4) is 0 Å². The van der Waals surface area contributed by atoms with Crippen LogP contribution < -0.4 is 0 Å². The summed E-state index contributed by atoms with van der Waals surface area (Å²) in [5.74, 6) is -2.81. The zero-order valence-electron chi connectivity index (χ0n) is 27.4. The van der Waals surface area contributed by atoms with Crippen LogP contribution in [0.15, 0.2) is 36.5 Å². The van der Waals surface area contributed by atoms with Gasteiger partial charge in [0.15, 0.2) is 0 Å². The average molecular weight is 719 g/mol. The topological polar surface area (TPSA) is 415 Å². The van der Waals surface area contributed by atoms with E-state index in [4.69, 9.17) is 91.9 Å². The molecule has 0 saturated carbocycles. The van der Waals surface area contributed by atoms with E-state index in [1.807, 2.05) is 0 Å². The van der Waals surface area contributed by atoms with E-state index in [2.05, 4.69) is 19.7 Å². The molecule has 0 bridgehead atoms. The van der Waals surface area contributed by atoms with Gasteiger partial charge in [-0.25, -0.2) is 14.4 Å². The second-order valence-electron chi connectivity index (χ2n) is 8.35. The van der Waals surface area contributed by atoms with Gasteiger partial charge in [-0.2, -0.15) is 0 Å². The average Bonchev–Trinajstić information content (AvgIpc) is 3.07. The van der Waals surface area contributed by atoms with E-state index in [0.29, 0.717) is 0 Å². The van der Waals surface area contributed by atoms with E-state index >= 15 is 0 Å². The molecule has 0 aromatic heterocycles. The summed E-state index contributed by atoms with van der Waals surface area (Å²) in [7, 11) is 0. The van der Waals surface area contributed by atoms with Gasteiger partial charge < -0.3 is 91.9 Å². The molecule has 0 rings (SSSR count). The Hall–Kier alpha value is -2.97. The molecular formula is C27H58O21. The first-order valence-corrected chi connectivity index (χ1v) is 13.1. The lowest BCUT2D eigenvalue weighted by molar-refractivity contribution is -0.133. The number of carboxylic acids is 3. The van der Waals surface area contributed by atoms with Gasteiger partial charge in [0.05, 0.1) is 66.1 Å². The molecule has 0 aliphatic carbocycles. The van der Waals surface area contributed by atoms with Gasteiger partial charge in [0.1, 0.15) is 30.5 Å². The van der Waals surface area contributed by atoms with Crippen LogP contribution in [0.4, 0.5) is 0 Å². The van der Waals surface area contributed by atoms with Crippen molar-refractivity contribution in [3.63, 3.8) is 0 Å². The van der Waals surface area contributed by atoms with E-state index in [9.17, 15) is 14.4 Å². The third-order valence-electron chi connectivity index (χ3n) is 3.20. The van der Waals surface area contributed by atoms with Gasteiger partial charge in [-0.15, -0.1) is 0 Å². The van der Waals surface area contributed by atoms with E-state index in [-0.39, 0.29) is 82.8 Å². The van der Waals surface area contributed by atoms with Crippen molar-refractivity contribution in [1.29, 1.82) is 0 Å². The molecule has 0 amide bonds. The highest BCUT2D eigenvalue weighted by Gasteiger charge is 1.96. The number of carbonyl (C=O) groups is 3. The summed E-state index contributed by atoms with van der Waals surface area (Å²) in [6.45, 7) is 10.2. The van der Waals surface area contributed by atoms with Crippen LogP contribution >= 0.6 is 0 Å². The van der Waals surface area contributed by atoms with Gasteiger partial charge in [-0.1, -0.05) is 19.7 Å². The SMILES string of the molecule is C=C(C)C(=O)O.C=C(C)C(=O)O.C=C(C)C(=O)O.OCC(O)CO.OCC(O)CO.OCC(O)CO.OCC(O)CO.OCC(O)CO. The number of aliphatic hydroxyl groups excluding tert-OH is 15. The van der Waals surface area contributed by atoms with Crippen molar-refractivity contribution in [3.8, 4) is 0 Å². The maximum absolute atomic E-state index is 9.60. The van der Waals surface area contributed by atoms with Crippen molar-refractivity contribution in [2.75, 3.05) is 66.1 Å². The first-order chi connectivity index (χ1) is 22.0. The molecule has 0 aliphatic rings. The molecule has 21 nitrogen and oxygen atoms in total. The van der Waals surface area contributed by atoms with Gasteiger partial charge in [0.2, 0.25) is 0 Å². The molecule has 0 atom stereocenters. The van der Waals surface area contributed by atoms with Gasteiger partial charge in [-0.3, -0.25) is 0 Å². The summed E-state index contributed by atoms with van der Waals surface area (Å²) in [6, 6.07) is 0. The summed E-state index contributed by atoms with van der Waals surface area (Å²) in [6.07, 6.45) is -4.77. The van der Waals surface area contributed by atoms with Gasteiger partial charge >= 0.3 is 17.9 Å². The van der Waals surface area contributed by atoms with Crippen LogP contribution in [0.5, 0.6) is 0 Å². The molecule has 21 heteroatoms. The molecular weight excluding hydrogens is 660 g/mol. The van der Waals surface area contributed by atoms with Crippen molar-refractivity contribution in [3.05, 3.63) is 36.5 Å². The molecule has 18 N–H and O–H groups in total. The highest BCUT2D eigenvalue weighted by molar-refractivity contribution is 5.85. The minimum atomic E-state index is -0.954. The molecule has 0 heterocycles. The number of hydrogen-bond donors (Lipinski definition) is 18. The van der Waals surface area contributed by atoms with Gasteiger partial charge in [0.25, 0.3) is 0 Å². The van der Waals surface area contributed by atoms with Gasteiger partial charge in [0, 0.05) is 16.7 Å². The molecule has 0 unspecified atom stereocenters. The molecule has 0 radical (unpaired) electrons. The number of hydrogen-bond acceptors (Lipinski definition) is 18. The first kappa shape index (κ1) is 63.7. The molecule has 292 valence electrons. The molecule has 48 heavy (non-hydrogen) atoms. The fourth-order valence-electron chi connectivity index (χ4n) is 0.289. The highest BCUT2D eigenvalue weighted by atomic mass is 16.4. The molecule has 0 aromatic rings. The molecule has 0 fully saturated rings. The summed E-state index contributed by atoms with van der Waals surface area (Å²) >= 11 is 0. The summed E-state index contributed by atoms with van der Waals surface area (Å²) < 4.78 is 0. The zero-order chi connectivity index (χ0) is 40.4. The van der Waals surface area contributed by atoms with E-state index < -0.39 is 48.4 Å². The predicted octanol–water partition coefficient (Wildman–Crippen LogP) is -6.40. The van der Waals surface area contributed by atoms with Crippen LogP contribution in [-0.4, -0.2) is 206 Å². The summed E-state index contributed by atoms with van der Waals surface area (Å²) in [5, 5.41) is 144. The van der Waals surface area contributed by atoms with Crippen LogP contribution in [0.2, 0.25) is 0 Å². The standard InChI is InChI=1S/3C4H6O2.5C3H8O3/c3*1-3(2)4(5)6;5*4-1-3(6)2-5/h3*1H2,2H3,(H,5,6);5*3-6H,1-2H2. The van der Waals surface area contributed by atoms with Crippen molar-refractivity contribution in [2.45, 2.75) is 51.3 Å². The third kappa shape index (κ3) is 90.2. The maximum Gasteiger partial charge on any atom is 0.330 e. The number of aliphatic carboxylic acids is 3. The molecule has 0 aliphatic heterocycles. The van der Waals surface area contributed by atoms with E-state index in [1.54, 1.807) is 0 Å². The van der Waals surface area contributed by atoms with E-state index in [0.717, 1.165) is 0 Å². The number of rotatable bonds is 13. The Balaban J connectivity index is -0.0000000635. The largest absolute Gasteiger partial charge is 0.478 e. The zero-order valence-corrected chi connectivity index (χ0v) is 27.4. The fourth-order valence-corrected chi connectivity index (χ4v) is 0.289. The molecule has 0 aromatic carbocycles. The normalized spacial score (nSPS) is 9.06. The van der Waals surface area contributed by atoms with Crippen LogP contribution in [0, 0.1) is 0 Å². The Morgan fingerprint density at radius 1 is 0.354 bits per heavy atom. The summed E-state index contributed by atoms with van der Waals surface area (Å²) in [5.41, 5.74) is 0.528. The lowest BCUT2D eigenvalue weighted by Gasteiger charge is -1.96. The monoisotopic (exact) mass is 718 g/mol. The number of aliphatic hydroxyl groups is 15. The minimum absolute atomic E-state index is 0.176. The fraction of sp³-hybridized carbons (Fsp3) is 0.667. The Morgan fingerprint density at radius 2 is 0.417 bits per heavy atom. The maximum atomic E-state index is 9.60. The quantitative estimate of drug-likeness (QED) is 0.0787. The Labute approximate surface area is 278 Å². The third-order valence-corrected chi connectivity index (χ3v) is 3.20. The smallest absolute Gasteiger partial charge is 0.330 e. The first-order valence-electron chi connectivity index (χ1n) is 13.1. The van der Waals surface area contributed by atoms with Crippen LogP contribution in [0.25, 0.3) is 0 Å². The lowest BCUT2D eigenvalue weighted by Crippen LogP contribution is -2.15. The molecule has 0 spiro atoms. The predicted molar refractivity (Wildman–Crippen MR) is 168 cm³/mol. The Bertz CT molecular complexity index is 576. The van der Waals surface area contributed by atoms with Crippen molar-refractivity contribution in [1.82, 2.24) is 0 Å². The van der Waals surface area contributed by atoms with Crippen molar-refractivity contribution < 1.29 is 106 Å². The Kier molecular flexibility index (Phi) is 67.5. The minimum Gasteiger partial charge on any atom is -0.478 e. The molecule has 0 saturated heterocycles. The highest BCUT2D eigenvalue weighted by Crippen LogP contribution is 1.82. The lowest BCUT2D eigenvalue weighted by atomic mass is 10.4. The van der Waals surface area contributed by atoms with Gasteiger partial charge in [-0.05, 0) is 20.8 Å². The Morgan fingerprint density at radius 3 is 0.417 bits per heavy atom. The summed E-state index contributed by atoms with van der Waals surface area (Å²) in [4.78, 5) is 28.8. The van der Waals surface area contributed by atoms with E-state index in [1.165, 1.54) is 20.8 Å². The van der Waals surface area contributed by atoms with Crippen molar-refractivity contribution >= 4 is 17.9 Å². The van der Waals surface area contributed by atoms with Crippen LogP contribution in [0.1, 0.15) is 20.8 Å². The number of carboxylic acid groups (broad SMARTS) is 3. The van der Waals surface area contributed by atoms with Crippen molar-refractivity contribution in [2.24, 2.45) is 0 Å². The second-order valence-corrected chi connectivity index (χ2v) is 8.35.